The highest BCUT2D eigenvalue weighted by Crippen LogP contribution is 2.15. The number of allylic oxidation sites excluding steroid dienone is 3. The van der Waals surface area contributed by atoms with Crippen LogP contribution in [0.4, 0.5) is 0 Å². The van der Waals surface area contributed by atoms with Gasteiger partial charge in [0.05, 0.1) is 18.0 Å². The van der Waals surface area contributed by atoms with Gasteiger partial charge in [-0.25, -0.2) is 4.68 Å². The number of phenols is 1. The van der Waals surface area contributed by atoms with Crippen LogP contribution in [0.15, 0.2) is 55.1 Å². The topological polar surface area (TPSA) is 58.3 Å². The van der Waals surface area contributed by atoms with Gasteiger partial charge in [0.1, 0.15) is 5.75 Å². The van der Waals surface area contributed by atoms with Gasteiger partial charge in [0, 0.05) is 18.0 Å². The molecule has 2 aromatic rings. The van der Waals surface area contributed by atoms with Crippen molar-refractivity contribution in [3.8, 4) is 11.4 Å². The second-order valence-electron chi connectivity index (χ2n) is 4.47. The van der Waals surface area contributed by atoms with Gasteiger partial charge in [0.25, 0.3) is 0 Å². The van der Waals surface area contributed by atoms with E-state index in [-0.39, 0.29) is 12.4 Å². The summed E-state index contributed by atoms with van der Waals surface area (Å²) in [6.45, 7) is 13.2. The average molecular weight is 417 g/mol. The fraction of sp³-hybridized carbons (Fsp3) is 0.381. The maximum Gasteiger partial charge on any atom is 0.115 e. The fourth-order valence-corrected chi connectivity index (χ4v) is 1.47. The number of aliphatic hydroxyl groups excluding tert-OH is 1. The normalized spacial score (nSPS) is 8.63. The molecule has 0 saturated carbocycles. The van der Waals surface area contributed by atoms with Crippen LogP contribution < -0.4 is 0 Å². The summed E-state index contributed by atoms with van der Waals surface area (Å²) in [5.41, 5.74) is 2.45. The number of alkyl halides is 2. The molecule has 0 spiro atoms. The molecule has 0 aliphatic rings. The number of rotatable bonds is 3. The summed E-state index contributed by atoms with van der Waals surface area (Å²) < 4.78 is 1.73. The molecule has 27 heavy (non-hydrogen) atoms. The van der Waals surface area contributed by atoms with E-state index in [4.69, 9.17) is 21.8 Å². The maximum atomic E-state index is 9.15. The third-order valence-electron chi connectivity index (χ3n) is 2.64. The number of hydrogen-bond acceptors (Lipinski definition) is 3. The molecule has 0 atom stereocenters. The molecule has 0 radical (unpaired) electrons. The van der Waals surface area contributed by atoms with Gasteiger partial charge in [-0.3, -0.25) is 0 Å². The smallest absolute Gasteiger partial charge is 0.115 e. The molecule has 4 nitrogen and oxygen atoms in total. The van der Waals surface area contributed by atoms with Crippen LogP contribution in [0.5, 0.6) is 5.75 Å². The van der Waals surface area contributed by atoms with Crippen molar-refractivity contribution in [3.05, 3.63) is 66.5 Å². The van der Waals surface area contributed by atoms with Crippen molar-refractivity contribution in [2.75, 3.05) is 12.3 Å². The Balaban J connectivity index is -0.000000402. The molecule has 0 unspecified atom stereocenters. The van der Waals surface area contributed by atoms with Crippen LogP contribution >= 0.6 is 23.2 Å². The van der Waals surface area contributed by atoms with E-state index >= 15 is 0 Å². The van der Waals surface area contributed by atoms with Crippen LogP contribution in [0.2, 0.25) is 0 Å². The molecule has 0 amide bonds. The monoisotopic (exact) mass is 416 g/mol. The molecule has 0 fully saturated rings. The Kier molecular flexibility index (Phi) is 24.8. The van der Waals surface area contributed by atoms with Gasteiger partial charge < -0.3 is 10.2 Å². The zero-order chi connectivity index (χ0) is 21.7. The lowest BCUT2D eigenvalue weighted by Crippen LogP contribution is -1.98. The minimum Gasteiger partial charge on any atom is -0.508 e. The van der Waals surface area contributed by atoms with Gasteiger partial charge in [-0.1, -0.05) is 32.1 Å². The summed E-state index contributed by atoms with van der Waals surface area (Å²) in [5.74, 6) is 0.783. The molecule has 1 heterocycles. The predicted molar refractivity (Wildman–Crippen MR) is 120 cm³/mol. The van der Waals surface area contributed by atoms with Gasteiger partial charge in [0.15, 0.2) is 0 Å². The quantitative estimate of drug-likeness (QED) is 0.458. The van der Waals surface area contributed by atoms with Gasteiger partial charge in [-0.15, -0.1) is 29.8 Å². The lowest BCUT2D eigenvalue weighted by molar-refractivity contribution is 0.276. The average Bonchev–Trinajstić information content (AvgIpc) is 3.12. The number of benzene rings is 1. The van der Waals surface area contributed by atoms with Gasteiger partial charge in [-0.2, -0.15) is 5.10 Å². The highest BCUT2D eigenvalue weighted by Gasteiger charge is 2.04. The molecule has 6 heteroatoms. The maximum absolute atomic E-state index is 9.15. The molecule has 1 aromatic carbocycles. The zero-order valence-electron chi connectivity index (χ0n) is 17.3. The van der Waals surface area contributed by atoms with Crippen LogP contribution in [0.25, 0.3) is 5.69 Å². The molecule has 0 saturated heterocycles. The molecule has 1 aromatic heterocycles. The van der Waals surface area contributed by atoms with Crippen molar-refractivity contribution in [1.29, 1.82) is 0 Å². The Bertz CT molecular complexity index is 591. The van der Waals surface area contributed by atoms with E-state index in [0.29, 0.717) is 11.6 Å². The van der Waals surface area contributed by atoms with Gasteiger partial charge in [0.2, 0.25) is 0 Å². The highest BCUT2D eigenvalue weighted by atomic mass is 35.5. The highest BCUT2D eigenvalue weighted by molar-refractivity contribution is 6.18. The van der Waals surface area contributed by atoms with Crippen molar-refractivity contribution >= 4 is 23.2 Å². The molecule has 154 valence electrons. The molecule has 0 aliphatic carbocycles. The summed E-state index contributed by atoms with van der Waals surface area (Å²) in [5, 5.41) is 22.3. The summed E-state index contributed by atoms with van der Waals surface area (Å²) in [4.78, 5) is 0. The SMILES string of the molecule is C/C=C\C.C=CCCl.CC.CCl.Cc1cc(CO)nn1-c1ccc(O)cc1. The molecule has 2 rings (SSSR count). The lowest BCUT2D eigenvalue weighted by atomic mass is 10.3. The Hall–Kier alpha value is -1.75. The van der Waals surface area contributed by atoms with Crippen molar-refractivity contribution in [2.45, 2.75) is 41.2 Å². The first-order valence-corrected chi connectivity index (χ1v) is 9.90. The van der Waals surface area contributed by atoms with Crippen LogP contribution in [-0.4, -0.2) is 32.3 Å². The number of phenolic OH excluding ortho intramolecular Hbond substituents is 1. The first-order valence-electron chi connectivity index (χ1n) is 8.61. The molecule has 2 N–H and O–H groups in total. The molecular weight excluding hydrogens is 383 g/mol. The van der Waals surface area contributed by atoms with Crippen molar-refractivity contribution < 1.29 is 10.2 Å². The Morgan fingerprint density at radius 1 is 1.11 bits per heavy atom. The van der Waals surface area contributed by atoms with Crippen molar-refractivity contribution in [2.24, 2.45) is 0 Å². The molecular formula is C21H34Cl2N2O2. The predicted octanol–water partition coefficient (Wildman–Crippen LogP) is 6.25. The number of aryl methyl sites for hydroxylation is 1. The largest absolute Gasteiger partial charge is 0.508 e. The van der Waals surface area contributed by atoms with E-state index in [9.17, 15) is 0 Å². The lowest BCUT2D eigenvalue weighted by Gasteiger charge is -2.03. The molecule has 0 bridgehead atoms. The van der Waals surface area contributed by atoms with Crippen LogP contribution in [-0.2, 0) is 6.61 Å². The second kappa shape index (κ2) is 22.3. The number of aromatic hydroxyl groups is 1. The van der Waals surface area contributed by atoms with E-state index in [1.54, 1.807) is 35.0 Å². The Morgan fingerprint density at radius 3 is 1.85 bits per heavy atom. The van der Waals surface area contributed by atoms with Crippen LogP contribution in [0, 0.1) is 6.92 Å². The summed E-state index contributed by atoms with van der Waals surface area (Å²) in [6, 6.07) is 8.59. The number of halogens is 2. The summed E-state index contributed by atoms with van der Waals surface area (Å²) in [6.07, 6.45) is 7.11. The summed E-state index contributed by atoms with van der Waals surface area (Å²) in [7, 11) is 0. The zero-order valence-corrected chi connectivity index (χ0v) is 18.8. The van der Waals surface area contributed by atoms with E-state index in [1.807, 2.05) is 52.8 Å². The van der Waals surface area contributed by atoms with E-state index in [1.165, 1.54) is 6.38 Å². The van der Waals surface area contributed by atoms with Crippen LogP contribution in [0.3, 0.4) is 0 Å². The van der Waals surface area contributed by atoms with Crippen molar-refractivity contribution in [3.63, 3.8) is 0 Å². The Morgan fingerprint density at radius 2 is 1.56 bits per heavy atom. The van der Waals surface area contributed by atoms with Gasteiger partial charge in [-0.05, 0) is 51.1 Å². The van der Waals surface area contributed by atoms with E-state index in [0.717, 1.165) is 11.4 Å². The standard InChI is InChI=1S/C11H12N2O2.C4H8.C3H5Cl.C2H6.CH3Cl/c1-8-6-9(7-14)12-13(8)10-2-4-11(15)5-3-10;1-3-4-2;1-2-3-4;2*1-2/h2-6,14-15H,7H2,1H3;3-4H,1-2H3;2H,1,3H2;1-2H3;1H3/b;4-3-;;;. The number of nitrogens with zero attached hydrogens (tertiary/aromatic N) is 2. The van der Waals surface area contributed by atoms with Gasteiger partial charge >= 0.3 is 0 Å². The summed E-state index contributed by atoms with van der Waals surface area (Å²) >= 11 is 9.71. The van der Waals surface area contributed by atoms with Crippen LogP contribution in [0.1, 0.15) is 39.1 Å². The van der Waals surface area contributed by atoms with E-state index in [2.05, 4.69) is 23.3 Å². The minimum absolute atomic E-state index is 0.0636. The Labute approximate surface area is 174 Å². The number of aliphatic hydroxyl groups is 1. The first-order chi connectivity index (χ1) is 13.0. The van der Waals surface area contributed by atoms with E-state index < -0.39 is 0 Å². The molecule has 0 aliphatic heterocycles. The second-order valence-corrected chi connectivity index (χ2v) is 4.78. The number of hydrogen-bond donors (Lipinski definition) is 2. The fourth-order valence-electron chi connectivity index (χ4n) is 1.47. The number of aromatic nitrogens is 2. The minimum atomic E-state index is -0.0636. The third kappa shape index (κ3) is 15.0. The van der Waals surface area contributed by atoms with Crippen molar-refractivity contribution in [1.82, 2.24) is 9.78 Å². The first kappa shape index (κ1) is 30.0. The third-order valence-corrected chi connectivity index (χ3v) is 2.85.